The van der Waals surface area contributed by atoms with E-state index in [1.807, 2.05) is 30.3 Å². The molecule has 1 atom stereocenters. The zero-order chi connectivity index (χ0) is 15.4. The Morgan fingerprint density at radius 1 is 1.09 bits per heavy atom. The van der Waals surface area contributed by atoms with Gasteiger partial charge in [-0.1, -0.05) is 18.2 Å². The summed E-state index contributed by atoms with van der Waals surface area (Å²) in [5, 5.41) is 7.90. The number of carbonyl (C=O) groups excluding carboxylic acids is 1. The molecule has 3 aromatic rings. The Labute approximate surface area is 126 Å². The first-order chi connectivity index (χ1) is 10.7. The van der Waals surface area contributed by atoms with E-state index in [4.69, 9.17) is 9.15 Å². The van der Waals surface area contributed by atoms with Crippen molar-refractivity contribution in [2.24, 2.45) is 0 Å². The lowest BCUT2D eigenvalue weighted by Crippen LogP contribution is -2.09. The Bertz CT molecular complexity index is 757. The van der Waals surface area contributed by atoms with E-state index in [2.05, 4.69) is 15.2 Å². The standard InChI is InChI=1S/C16H13N3O3/c1-11(21-16(20)13-7-9-17-10-8-13)14-18-19-15(22-14)12-5-3-2-4-6-12/h2-11H,1H3/t11-/m1/s1. The second-order valence-electron chi connectivity index (χ2n) is 4.59. The third kappa shape index (κ3) is 3.01. The Balaban J connectivity index is 1.72. The Kier molecular flexibility index (Phi) is 3.91. The number of hydrogen-bond acceptors (Lipinski definition) is 6. The fourth-order valence-corrected chi connectivity index (χ4v) is 1.86. The summed E-state index contributed by atoms with van der Waals surface area (Å²) >= 11 is 0. The molecule has 0 unspecified atom stereocenters. The largest absolute Gasteiger partial charge is 0.449 e. The number of carbonyl (C=O) groups is 1. The van der Waals surface area contributed by atoms with Crippen molar-refractivity contribution in [1.29, 1.82) is 0 Å². The van der Waals surface area contributed by atoms with Crippen LogP contribution in [0, 0.1) is 0 Å². The number of pyridine rings is 1. The average molecular weight is 295 g/mol. The third-order valence-corrected chi connectivity index (χ3v) is 3.01. The van der Waals surface area contributed by atoms with Gasteiger partial charge in [-0.15, -0.1) is 10.2 Å². The smallest absolute Gasteiger partial charge is 0.339 e. The predicted molar refractivity (Wildman–Crippen MR) is 77.8 cm³/mol. The highest BCUT2D eigenvalue weighted by atomic mass is 16.6. The molecule has 0 spiro atoms. The number of aromatic nitrogens is 3. The molecule has 0 radical (unpaired) electrons. The first kappa shape index (κ1) is 13.9. The lowest BCUT2D eigenvalue weighted by molar-refractivity contribution is 0.0279. The minimum Gasteiger partial charge on any atom is -0.449 e. The van der Waals surface area contributed by atoms with Gasteiger partial charge in [-0.2, -0.15) is 0 Å². The van der Waals surface area contributed by atoms with Crippen molar-refractivity contribution >= 4 is 5.97 Å². The summed E-state index contributed by atoms with van der Waals surface area (Å²) in [6.07, 6.45) is 2.42. The van der Waals surface area contributed by atoms with Gasteiger partial charge in [0.2, 0.25) is 5.89 Å². The van der Waals surface area contributed by atoms with Crippen LogP contribution in [0.25, 0.3) is 11.5 Å². The van der Waals surface area contributed by atoms with E-state index < -0.39 is 12.1 Å². The predicted octanol–water partition coefficient (Wildman–Crippen LogP) is 3.05. The number of ether oxygens (including phenoxy) is 1. The maximum absolute atomic E-state index is 12.0. The lowest BCUT2D eigenvalue weighted by atomic mass is 10.2. The summed E-state index contributed by atoms with van der Waals surface area (Å²) in [5.74, 6) is 0.179. The first-order valence-corrected chi connectivity index (χ1v) is 6.74. The topological polar surface area (TPSA) is 78.1 Å². The molecule has 0 bridgehead atoms. The molecular weight excluding hydrogens is 282 g/mol. The molecule has 0 saturated carbocycles. The zero-order valence-corrected chi connectivity index (χ0v) is 11.8. The normalized spacial score (nSPS) is 11.9. The number of nitrogens with zero attached hydrogens (tertiary/aromatic N) is 3. The SMILES string of the molecule is C[C@@H](OC(=O)c1ccncc1)c1nnc(-c2ccccc2)o1. The summed E-state index contributed by atoms with van der Waals surface area (Å²) < 4.78 is 10.9. The molecule has 0 aliphatic heterocycles. The molecule has 0 fully saturated rings. The number of hydrogen-bond donors (Lipinski definition) is 0. The van der Waals surface area contributed by atoms with Crippen LogP contribution in [0.15, 0.2) is 59.3 Å². The molecule has 0 N–H and O–H groups in total. The van der Waals surface area contributed by atoms with E-state index in [1.54, 1.807) is 19.1 Å². The van der Waals surface area contributed by atoms with Crippen molar-refractivity contribution in [1.82, 2.24) is 15.2 Å². The minimum absolute atomic E-state index is 0.251. The van der Waals surface area contributed by atoms with Crippen LogP contribution < -0.4 is 0 Å². The minimum atomic E-state index is -0.634. The Morgan fingerprint density at radius 2 is 1.82 bits per heavy atom. The van der Waals surface area contributed by atoms with Crippen LogP contribution in [0.5, 0.6) is 0 Å². The molecule has 0 aliphatic rings. The van der Waals surface area contributed by atoms with Gasteiger partial charge in [-0.25, -0.2) is 4.79 Å². The second kappa shape index (κ2) is 6.17. The van der Waals surface area contributed by atoms with E-state index in [9.17, 15) is 4.79 Å². The van der Waals surface area contributed by atoms with Crippen molar-refractivity contribution in [3.8, 4) is 11.5 Å². The molecular formula is C16H13N3O3. The maximum Gasteiger partial charge on any atom is 0.339 e. The molecule has 1 aromatic carbocycles. The van der Waals surface area contributed by atoms with Gasteiger partial charge < -0.3 is 9.15 Å². The van der Waals surface area contributed by atoms with E-state index in [0.717, 1.165) is 5.56 Å². The van der Waals surface area contributed by atoms with Crippen LogP contribution in [-0.4, -0.2) is 21.2 Å². The van der Waals surface area contributed by atoms with Gasteiger partial charge in [0.1, 0.15) is 0 Å². The summed E-state index contributed by atoms with van der Waals surface area (Å²) in [6, 6.07) is 12.6. The molecule has 22 heavy (non-hydrogen) atoms. The van der Waals surface area contributed by atoms with Gasteiger partial charge in [0, 0.05) is 18.0 Å². The molecule has 0 amide bonds. The van der Waals surface area contributed by atoms with Crippen LogP contribution in [-0.2, 0) is 4.74 Å². The van der Waals surface area contributed by atoms with Crippen molar-refractivity contribution in [2.45, 2.75) is 13.0 Å². The van der Waals surface area contributed by atoms with Gasteiger partial charge in [-0.05, 0) is 31.2 Å². The van der Waals surface area contributed by atoms with E-state index >= 15 is 0 Å². The van der Waals surface area contributed by atoms with Crippen LogP contribution in [0.1, 0.15) is 29.3 Å². The molecule has 3 rings (SSSR count). The van der Waals surface area contributed by atoms with Gasteiger partial charge >= 0.3 is 5.97 Å². The summed E-state index contributed by atoms with van der Waals surface area (Å²) in [4.78, 5) is 15.8. The maximum atomic E-state index is 12.0. The van der Waals surface area contributed by atoms with Crippen molar-refractivity contribution in [3.63, 3.8) is 0 Å². The number of rotatable bonds is 4. The molecule has 6 heteroatoms. The fourth-order valence-electron chi connectivity index (χ4n) is 1.86. The van der Waals surface area contributed by atoms with Crippen LogP contribution >= 0.6 is 0 Å². The lowest BCUT2D eigenvalue weighted by Gasteiger charge is -2.08. The highest BCUT2D eigenvalue weighted by Gasteiger charge is 2.19. The molecule has 0 aliphatic carbocycles. The monoisotopic (exact) mass is 295 g/mol. The summed E-state index contributed by atoms with van der Waals surface area (Å²) in [5.41, 5.74) is 1.23. The van der Waals surface area contributed by atoms with Gasteiger partial charge in [0.25, 0.3) is 5.89 Å². The zero-order valence-electron chi connectivity index (χ0n) is 11.8. The highest BCUT2D eigenvalue weighted by molar-refractivity contribution is 5.89. The quantitative estimate of drug-likeness (QED) is 0.688. The number of esters is 1. The second-order valence-corrected chi connectivity index (χ2v) is 4.59. The van der Waals surface area contributed by atoms with Crippen LogP contribution in [0.4, 0.5) is 0 Å². The van der Waals surface area contributed by atoms with Crippen molar-refractivity contribution in [2.75, 3.05) is 0 Å². The summed E-state index contributed by atoms with van der Waals surface area (Å²) in [6.45, 7) is 1.68. The van der Waals surface area contributed by atoms with Gasteiger partial charge in [0.05, 0.1) is 5.56 Å². The molecule has 6 nitrogen and oxygen atoms in total. The number of benzene rings is 1. The molecule has 2 aromatic heterocycles. The van der Waals surface area contributed by atoms with Crippen LogP contribution in [0.2, 0.25) is 0 Å². The van der Waals surface area contributed by atoms with Gasteiger partial charge in [0.15, 0.2) is 6.10 Å². The van der Waals surface area contributed by atoms with E-state index in [0.29, 0.717) is 11.5 Å². The fraction of sp³-hybridized carbons (Fsp3) is 0.125. The Morgan fingerprint density at radius 3 is 2.55 bits per heavy atom. The van der Waals surface area contributed by atoms with E-state index in [1.165, 1.54) is 12.4 Å². The molecule has 0 saturated heterocycles. The molecule has 2 heterocycles. The van der Waals surface area contributed by atoms with Crippen molar-refractivity contribution < 1.29 is 13.9 Å². The van der Waals surface area contributed by atoms with Crippen LogP contribution in [0.3, 0.4) is 0 Å². The average Bonchev–Trinajstić information content (AvgIpc) is 3.06. The Hall–Kier alpha value is -3.02. The summed E-state index contributed by atoms with van der Waals surface area (Å²) in [7, 11) is 0. The van der Waals surface area contributed by atoms with E-state index in [-0.39, 0.29) is 5.89 Å². The van der Waals surface area contributed by atoms with Crippen molar-refractivity contribution in [3.05, 3.63) is 66.3 Å². The van der Waals surface area contributed by atoms with Gasteiger partial charge in [-0.3, -0.25) is 4.98 Å². The highest BCUT2D eigenvalue weighted by Crippen LogP contribution is 2.22. The molecule has 110 valence electrons. The third-order valence-electron chi connectivity index (χ3n) is 3.01. The first-order valence-electron chi connectivity index (χ1n) is 6.74.